The molecule has 0 aliphatic carbocycles. The van der Waals surface area contributed by atoms with Crippen molar-refractivity contribution >= 4 is 23.2 Å². The van der Waals surface area contributed by atoms with Gasteiger partial charge in [-0.3, -0.25) is 0 Å². The average Bonchev–Trinajstić information content (AvgIpc) is 2.26. The SMILES string of the molecule is COC(=O)c1ccc(C)c(C(N)=S)c1C(C)C. The monoisotopic (exact) mass is 251 g/mol. The van der Waals surface area contributed by atoms with Crippen molar-refractivity contribution in [3.05, 3.63) is 34.4 Å². The zero-order valence-corrected chi connectivity index (χ0v) is 11.4. The minimum Gasteiger partial charge on any atom is -0.465 e. The van der Waals surface area contributed by atoms with E-state index in [1.165, 1.54) is 7.11 Å². The van der Waals surface area contributed by atoms with E-state index in [0.29, 0.717) is 10.6 Å². The van der Waals surface area contributed by atoms with Crippen molar-refractivity contribution in [3.8, 4) is 0 Å². The highest BCUT2D eigenvalue weighted by molar-refractivity contribution is 7.80. The number of thiocarbonyl (C=S) groups is 1. The Hall–Kier alpha value is -1.42. The van der Waals surface area contributed by atoms with Gasteiger partial charge < -0.3 is 10.5 Å². The molecule has 17 heavy (non-hydrogen) atoms. The molecule has 0 radical (unpaired) electrons. The number of rotatable bonds is 3. The van der Waals surface area contributed by atoms with Crippen LogP contribution in [0.2, 0.25) is 0 Å². The van der Waals surface area contributed by atoms with Crippen molar-refractivity contribution < 1.29 is 9.53 Å². The van der Waals surface area contributed by atoms with E-state index in [2.05, 4.69) is 0 Å². The lowest BCUT2D eigenvalue weighted by Gasteiger charge is -2.18. The second-order valence-corrected chi connectivity index (χ2v) is 4.67. The Bertz CT molecular complexity index is 467. The zero-order chi connectivity index (χ0) is 13.2. The van der Waals surface area contributed by atoms with Gasteiger partial charge in [0.25, 0.3) is 0 Å². The zero-order valence-electron chi connectivity index (χ0n) is 10.5. The first-order valence-electron chi connectivity index (χ1n) is 5.41. The number of ether oxygens (including phenoxy) is 1. The van der Waals surface area contributed by atoms with Crippen molar-refractivity contribution in [1.29, 1.82) is 0 Å². The number of benzene rings is 1. The minimum atomic E-state index is -0.355. The molecule has 92 valence electrons. The molecule has 0 aliphatic heterocycles. The molecule has 0 atom stereocenters. The third-order valence-electron chi connectivity index (χ3n) is 2.68. The molecule has 2 N–H and O–H groups in total. The number of hydrogen-bond acceptors (Lipinski definition) is 3. The summed E-state index contributed by atoms with van der Waals surface area (Å²) < 4.78 is 4.78. The normalized spacial score (nSPS) is 10.4. The molecule has 0 heterocycles. The predicted octanol–water partition coefficient (Wildman–Crippen LogP) is 2.54. The van der Waals surface area contributed by atoms with Gasteiger partial charge in [-0.05, 0) is 30.0 Å². The molecule has 1 aromatic carbocycles. The van der Waals surface area contributed by atoms with E-state index in [1.54, 1.807) is 6.07 Å². The lowest BCUT2D eigenvalue weighted by Crippen LogP contribution is -2.18. The smallest absolute Gasteiger partial charge is 0.338 e. The molecule has 0 saturated carbocycles. The van der Waals surface area contributed by atoms with Gasteiger partial charge >= 0.3 is 5.97 Å². The van der Waals surface area contributed by atoms with Crippen molar-refractivity contribution in [2.45, 2.75) is 26.7 Å². The maximum absolute atomic E-state index is 11.7. The van der Waals surface area contributed by atoms with Crippen LogP contribution < -0.4 is 5.73 Å². The molecular weight excluding hydrogens is 234 g/mol. The molecule has 0 fully saturated rings. The number of carbonyl (C=O) groups is 1. The fourth-order valence-corrected chi connectivity index (χ4v) is 2.21. The predicted molar refractivity (Wildman–Crippen MR) is 72.5 cm³/mol. The Morgan fingerprint density at radius 3 is 2.41 bits per heavy atom. The lowest BCUT2D eigenvalue weighted by atomic mass is 9.89. The van der Waals surface area contributed by atoms with Gasteiger partial charge in [0, 0.05) is 5.56 Å². The number of hydrogen-bond donors (Lipinski definition) is 1. The van der Waals surface area contributed by atoms with Crippen molar-refractivity contribution in [2.75, 3.05) is 7.11 Å². The van der Waals surface area contributed by atoms with Crippen molar-refractivity contribution in [2.24, 2.45) is 5.73 Å². The van der Waals surface area contributed by atoms with E-state index >= 15 is 0 Å². The highest BCUT2D eigenvalue weighted by Gasteiger charge is 2.20. The Morgan fingerprint density at radius 2 is 2.00 bits per heavy atom. The summed E-state index contributed by atoms with van der Waals surface area (Å²) in [6.45, 7) is 5.94. The lowest BCUT2D eigenvalue weighted by molar-refractivity contribution is 0.0599. The number of aryl methyl sites for hydroxylation is 1. The van der Waals surface area contributed by atoms with Gasteiger partial charge in [0.1, 0.15) is 4.99 Å². The molecule has 4 heteroatoms. The molecule has 1 rings (SSSR count). The molecule has 0 unspecified atom stereocenters. The van der Waals surface area contributed by atoms with Crippen LogP contribution in [0.4, 0.5) is 0 Å². The molecule has 0 spiro atoms. The largest absolute Gasteiger partial charge is 0.465 e. The number of carbonyl (C=O) groups excluding carboxylic acids is 1. The maximum Gasteiger partial charge on any atom is 0.338 e. The first kappa shape index (κ1) is 13.6. The van der Waals surface area contributed by atoms with Crippen LogP contribution in [0.3, 0.4) is 0 Å². The van der Waals surface area contributed by atoms with Gasteiger partial charge in [-0.25, -0.2) is 4.79 Å². The Balaban J connectivity index is 3.59. The van der Waals surface area contributed by atoms with Gasteiger partial charge in [0.15, 0.2) is 0 Å². The second kappa shape index (κ2) is 5.27. The Morgan fingerprint density at radius 1 is 1.41 bits per heavy atom. The van der Waals surface area contributed by atoms with Gasteiger partial charge in [-0.15, -0.1) is 0 Å². The topological polar surface area (TPSA) is 52.3 Å². The highest BCUT2D eigenvalue weighted by Crippen LogP contribution is 2.27. The van der Waals surface area contributed by atoms with Gasteiger partial charge in [-0.2, -0.15) is 0 Å². The number of esters is 1. The van der Waals surface area contributed by atoms with Crippen LogP contribution in [0.5, 0.6) is 0 Å². The van der Waals surface area contributed by atoms with Crippen LogP contribution >= 0.6 is 12.2 Å². The highest BCUT2D eigenvalue weighted by atomic mass is 32.1. The third kappa shape index (κ3) is 2.64. The van der Waals surface area contributed by atoms with Crippen LogP contribution in [-0.4, -0.2) is 18.1 Å². The van der Waals surface area contributed by atoms with E-state index in [0.717, 1.165) is 16.7 Å². The first-order chi connectivity index (χ1) is 7.90. The summed E-state index contributed by atoms with van der Waals surface area (Å²) in [6, 6.07) is 3.60. The summed E-state index contributed by atoms with van der Waals surface area (Å²) in [6.07, 6.45) is 0. The summed E-state index contributed by atoms with van der Waals surface area (Å²) in [5.41, 5.74) is 8.92. The van der Waals surface area contributed by atoms with Crippen LogP contribution in [-0.2, 0) is 4.74 Å². The van der Waals surface area contributed by atoms with Crippen molar-refractivity contribution in [1.82, 2.24) is 0 Å². The van der Waals surface area contributed by atoms with E-state index < -0.39 is 0 Å². The fourth-order valence-electron chi connectivity index (χ4n) is 1.94. The molecule has 1 aromatic rings. The fraction of sp³-hybridized carbons (Fsp3) is 0.385. The van der Waals surface area contributed by atoms with Crippen LogP contribution in [0, 0.1) is 6.92 Å². The van der Waals surface area contributed by atoms with E-state index in [1.807, 2.05) is 26.8 Å². The molecule has 3 nitrogen and oxygen atoms in total. The van der Waals surface area contributed by atoms with Crippen molar-refractivity contribution in [3.63, 3.8) is 0 Å². The minimum absolute atomic E-state index is 0.153. The Kier molecular flexibility index (Phi) is 4.23. The second-order valence-electron chi connectivity index (χ2n) is 4.23. The summed E-state index contributed by atoms with van der Waals surface area (Å²) in [7, 11) is 1.37. The summed E-state index contributed by atoms with van der Waals surface area (Å²) in [5.74, 6) is -0.202. The molecule has 0 aromatic heterocycles. The summed E-state index contributed by atoms with van der Waals surface area (Å²) in [4.78, 5) is 12.0. The molecule has 0 bridgehead atoms. The van der Waals surface area contributed by atoms with Gasteiger partial charge in [0.2, 0.25) is 0 Å². The molecule has 0 aliphatic rings. The maximum atomic E-state index is 11.7. The molecule has 0 saturated heterocycles. The standard InChI is InChI=1S/C13H17NO2S/c1-7(2)10-9(13(15)16-4)6-5-8(3)11(10)12(14)17/h5-7H,1-4H3,(H2,14,17). The summed E-state index contributed by atoms with van der Waals surface area (Å²) in [5, 5.41) is 0. The van der Waals surface area contributed by atoms with Crippen LogP contribution in [0.25, 0.3) is 0 Å². The number of methoxy groups -OCH3 is 1. The molecular formula is C13H17NO2S. The molecule has 0 amide bonds. The van der Waals surface area contributed by atoms with E-state index in [4.69, 9.17) is 22.7 Å². The van der Waals surface area contributed by atoms with Gasteiger partial charge in [0.05, 0.1) is 12.7 Å². The van der Waals surface area contributed by atoms with E-state index in [9.17, 15) is 4.79 Å². The Labute approximate surface area is 107 Å². The number of nitrogens with two attached hydrogens (primary N) is 1. The third-order valence-corrected chi connectivity index (χ3v) is 2.89. The average molecular weight is 251 g/mol. The summed E-state index contributed by atoms with van der Waals surface area (Å²) >= 11 is 5.06. The van der Waals surface area contributed by atoms with E-state index in [-0.39, 0.29) is 11.9 Å². The van der Waals surface area contributed by atoms with Gasteiger partial charge in [-0.1, -0.05) is 32.1 Å². The van der Waals surface area contributed by atoms with Crippen LogP contribution in [0.1, 0.15) is 46.8 Å². The van der Waals surface area contributed by atoms with Crippen LogP contribution in [0.15, 0.2) is 12.1 Å². The first-order valence-corrected chi connectivity index (χ1v) is 5.82. The quantitative estimate of drug-likeness (QED) is 0.662.